The number of hydrogen-bond donors (Lipinski definition) is 2. The van der Waals surface area contributed by atoms with E-state index in [2.05, 4.69) is 0 Å². The summed E-state index contributed by atoms with van der Waals surface area (Å²) in [7, 11) is 1.56. The van der Waals surface area contributed by atoms with Gasteiger partial charge in [-0.3, -0.25) is 9.59 Å². The van der Waals surface area contributed by atoms with Crippen molar-refractivity contribution in [2.45, 2.75) is 37.9 Å². The van der Waals surface area contributed by atoms with Crippen LogP contribution in [0, 0.1) is 0 Å². The maximum absolute atomic E-state index is 12.2. The molecular weight excluding hydrogens is 298 g/mol. The Hall–Kier alpha value is -1.92. The Labute approximate surface area is 135 Å². The Bertz CT molecular complexity index is 567. The second kappa shape index (κ2) is 7.10. The molecule has 0 aromatic heterocycles. The van der Waals surface area contributed by atoms with Crippen molar-refractivity contribution >= 4 is 11.7 Å². The molecule has 126 valence electrons. The number of rotatable bonds is 5. The van der Waals surface area contributed by atoms with Crippen molar-refractivity contribution in [2.75, 3.05) is 20.2 Å². The maximum Gasteiger partial charge on any atom is 0.223 e. The highest BCUT2D eigenvalue weighted by molar-refractivity contribution is 5.98. The first-order valence-electron chi connectivity index (χ1n) is 7.69. The van der Waals surface area contributed by atoms with Gasteiger partial charge in [0.15, 0.2) is 5.78 Å². The number of benzene rings is 1. The first-order chi connectivity index (χ1) is 10.8. The SMILES string of the molecule is COc1ccc(C(=O)CCC(=O)N2CC[C@](C)(O)[C@H](O)C2)cc1. The lowest BCUT2D eigenvalue weighted by molar-refractivity contribution is -0.146. The molecule has 1 aliphatic heterocycles. The molecule has 23 heavy (non-hydrogen) atoms. The van der Waals surface area contributed by atoms with Crippen molar-refractivity contribution in [1.29, 1.82) is 0 Å². The third-order valence-electron chi connectivity index (χ3n) is 4.33. The number of nitrogens with zero attached hydrogens (tertiary/aromatic N) is 1. The number of carbonyl (C=O) groups excluding carboxylic acids is 2. The molecule has 0 unspecified atom stereocenters. The molecule has 1 fully saturated rings. The quantitative estimate of drug-likeness (QED) is 0.790. The third kappa shape index (κ3) is 4.30. The van der Waals surface area contributed by atoms with Crippen molar-refractivity contribution in [1.82, 2.24) is 4.90 Å². The summed E-state index contributed by atoms with van der Waals surface area (Å²) in [5.74, 6) is 0.388. The molecule has 0 radical (unpaired) electrons. The van der Waals surface area contributed by atoms with Crippen LogP contribution in [-0.2, 0) is 4.79 Å². The van der Waals surface area contributed by atoms with Crippen LogP contribution in [0.25, 0.3) is 0 Å². The summed E-state index contributed by atoms with van der Waals surface area (Å²) in [6.07, 6.45) is -0.419. The van der Waals surface area contributed by atoms with Crippen LogP contribution in [0.2, 0.25) is 0 Å². The van der Waals surface area contributed by atoms with Crippen LogP contribution >= 0.6 is 0 Å². The number of β-amino-alcohol motifs (C(OH)–C–C–N with tert-alkyl or cyclic N) is 1. The Morgan fingerprint density at radius 3 is 2.52 bits per heavy atom. The van der Waals surface area contributed by atoms with E-state index in [4.69, 9.17) is 4.74 Å². The summed E-state index contributed by atoms with van der Waals surface area (Å²) in [5, 5.41) is 19.7. The van der Waals surface area contributed by atoms with Gasteiger partial charge in [-0.05, 0) is 37.6 Å². The molecule has 1 heterocycles. The fraction of sp³-hybridized carbons (Fsp3) is 0.529. The van der Waals surface area contributed by atoms with Crippen molar-refractivity contribution in [3.63, 3.8) is 0 Å². The monoisotopic (exact) mass is 321 g/mol. The first-order valence-corrected chi connectivity index (χ1v) is 7.69. The molecule has 6 nitrogen and oxygen atoms in total. The minimum atomic E-state index is -1.16. The molecule has 0 bridgehead atoms. The Morgan fingerprint density at radius 2 is 1.96 bits per heavy atom. The second-order valence-corrected chi connectivity index (χ2v) is 6.11. The number of ether oxygens (including phenoxy) is 1. The van der Waals surface area contributed by atoms with Gasteiger partial charge in [-0.1, -0.05) is 0 Å². The zero-order chi connectivity index (χ0) is 17.0. The van der Waals surface area contributed by atoms with Crippen LogP contribution in [-0.4, -0.2) is 58.7 Å². The van der Waals surface area contributed by atoms with E-state index in [1.165, 1.54) is 4.90 Å². The average Bonchev–Trinajstić information content (AvgIpc) is 2.55. The van der Waals surface area contributed by atoms with Gasteiger partial charge in [-0.25, -0.2) is 0 Å². The Balaban J connectivity index is 1.85. The number of methoxy groups -OCH3 is 1. The Kier molecular flexibility index (Phi) is 5.38. The molecule has 1 aromatic carbocycles. The number of ketones is 1. The number of Topliss-reactive ketones (excluding diaryl/α,β-unsaturated/α-hetero) is 1. The van der Waals surface area contributed by atoms with E-state index in [0.717, 1.165) is 0 Å². The van der Waals surface area contributed by atoms with Crippen LogP contribution < -0.4 is 4.74 Å². The molecule has 0 saturated carbocycles. The van der Waals surface area contributed by atoms with Gasteiger partial charge in [0.1, 0.15) is 5.75 Å². The first kappa shape index (κ1) is 17.4. The van der Waals surface area contributed by atoms with Gasteiger partial charge < -0.3 is 19.8 Å². The molecule has 1 aromatic rings. The van der Waals surface area contributed by atoms with Crippen molar-refractivity contribution in [3.05, 3.63) is 29.8 Å². The minimum Gasteiger partial charge on any atom is -0.497 e. The molecule has 1 saturated heterocycles. The number of amides is 1. The summed E-state index contributed by atoms with van der Waals surface area (Å²) in [5.41, 5.74) is -0.615. The lowest BCUT2D eigenvalue weighted by Gasteiger charge is -2.39. The number of aliphatic hydroxyl groups is 2. The number of aliphatic hydroxyl groups excluding tert-OH is 1. The molecule has 0 spiro atoms. The van der Waals surface area contributed by atoms with E-state index in [9.17, 15) is 19.8 Å². The van der Waals surface area contributed by atoms with Crippen molar-refractivity contribution < 1.29 is 24.5 Å². The highest BCUT2D eigenvalue weighted by Gasteiger charge is 2.37. The predicted molar refractivity (Wildman–Crippen MR) is 84.4 cm³/mol. The van der Waals surface area contributed by atoms with Crippen LogP contribution in [0.1, 0.15) is 36.5 Å². The second-order valence-electron chi connectivity index (χ2n) is 6.11. The van der Waals surface area contributed by atoms with Crippen molar-refractivity contribution in [3.8, 4) is 5.75 Å². The molecule has 2 rings (SSSR count). The number of likely N-dealkylation sites (tertiary alicyclic amines) is 1. The molecule has 2 N–H and O–H groups in total. The van der Waals surface area contributed by atoms with Gasteiger partial charge in [0.05, 0.1) is 18.8 Å². The van der Waals surface area contributed by atoms with E-state index in [0.29, 0.717) is 24.3 Å². The normalized spacial score (nSPS) is 24.3. The lowest BCUT2D eigenvalue weighted by atomic mass is 9.90. The molecule has 6 heteroatoms. The minimum absolute atomic E-state index is 0.0969. The number of piperidine rings is 1. The predicted octanol–water partition coefficient (Wildman–Crippen LogP) is 1.00. The average molecular weight is 321 g/mol. The summed E-state index contributed by atoms with van der Waals surface area (Å²) < 4.78 is 5.04. The summed E-state index contributed by atoms with van der Waals surface area (Å²) in [6.45, 7) is 2.05. The highest BCUT2D eigenvalue weighted by atomic mass is 16.5. The zero-order valence-corrected chi connectivity index (χ0v) is 13.5. The third-order valence-corrected chi connectivity index (χ3v) is 4.33. The number of carbonyl (C=O) groups is 2. The van der Waals surface area contributed by atoms with Crippen LogP contribution in [0.3, 0.4) is 0 Å². The standard InChI is InChI=1S/C17H23NO5/c1-17(22)9-10-18(11-15(17)20)16(21)8-7-14(19)12-3-5-13(23-2)6-4-12/h3-6,15,20,22H,7-11H2,1-2H3/t15-,17+/m1/s1. The molecular formula is C17H23NO5. The summed E-state index contributed by atoms with van der Waals surface area (Å²) in [4.78, 5) is 25.8. The van der Waals surface area contributed by atoms with E-state index < -0.39 is 11.7 Å². The fourth-order valence-electron chi connectivity index (χ4n) is 2.55. The lowest BCUT2D eigenvalue weighted by Crippen LogP contribution is -2.55. The van der Waals surface area contributed by atoms with E-state index in [-0.39, 0.29) is 31.1 Å². The van der Waals surface area contributed by atoms with Gasteiger partial charge in [-0.15, -0.1) is 0 Å². The largest absolute Gasteiger partial charge is 0.497 e. The van der Waals surface area contributed by atoms with Gasteiger partial charge >= 0.3 is 0 Å². The van der Waals surface area contributed by atoms with Gasteiger partial charge in [0.25, 0.3) is 0 Å². The highest BCUT2D eigenvalue weighted by Crippen LogP contribution is 2.22. The van der Waals surface area contributed by atoms with Gasteiger partial charge in [-0.2, -0.15) is 0 Å². The van der Waals surface area contributed by atoms with Crippen LogP contribution in [0.5, 0.6) is 5.75 Å². The van der Waals surface area contributed by atoms with Gasteiger partial charge in [0.2, 0.25) is 5.91 Å². The zero-order valence-electron chi connectivity index (χ0n) is 13.5. The van der Waals surface area contributed by atoms with Crippen LogP contribution in [0.15, 0.2) is 24.3 Å². The molecule has 1 aliphatic rings. The van der Waals surface area contributed by atoms with E-state index in [1.54, 1.807) is 38.3 Å². The summed E-state index contributed by atoms with van der Waals surface area (Å²) >= 11 is 0. The van der Waals surface area contributed by atoms with Crippen LogP contribution in [0.4, 0.5) is 0 Å². The Morgan fingerprint density at radius 1 is 1.30 bits per heavy atom. The molecule has 1 amide bonds. The topological polar surface area (TPSA) is 87.1 Å². The number of hydrogen-bond acceptors (Lipinski definition) is 5. The fourth-order valence-corrected chi connectivity index (χ4v) is 2.55. The van der Waals surface area contributed by atoms with E-state index >= 15 is 0 Å². The van der Waals surface area contributed by atoms with E-state index in [1.807, 2.05) is 0 Å². The summed E-state index contributed by atoms with van der Waals surface area (Å²) in [6, 6.07) is 6.76. The maximum atomic E-state index is 12.2. The van der Waals surface area contributed by atoms with Gasteiger partial charge in [0, 0.05) is 31.5 Å². The smallest absolute Gasteiger partial charge is 0.223 e. The molecule has 0 aliphatic carbocycles. The van der Waals surface area contributed by atoms with Crippen molar-refractivity contribution in [2.24, 2.45) is 0 Å². The molecule has 2 atom stereocenters.